The Bertz CT molecular complexity index is 266. The van der Waals surface area contributed by atoms with E-state index in [0.717, 1.165) is 12.8 Å². The molecule has 1 fully saturated rings. The van der Waals surface area contributed by atoms with Gasteiger partial charge in [-0.1, -0.05) is 39.0 Å². The van der Waals surface area contributed by atoms with E-state index in [2.05, 4.69) is 6.92 Å². The summed E-state index contributed by atoms with van der Waals surface area (Å²) in [7, 11) is 0. The Morgan fingerprint density at radius 3 is 2.59 bits per heavy atom. The van der Waals surface area contributed by atoms with Crippen LogP contribution in [0.2, 0.25) is 0 Å². The number of nitrogens with zero attached hydrogens (tertiary/aromatic N) is 1. The fourth-order valence-electron chi connectivity index (χ4n) is 2.37. The van der Waals surface area contributed by atoms with Gasteiger partial charge in [-0.3, -0.25) is 9.59 Å². The number of rotatable bonds is 8. The summed E-state index contributed by atoms with van der Waals surface area (Å²) in [4.78, 5) is 24.4. The first kappa shape index (κ1) is 14.0. The van der Waals surface area contributed by atoms with Gasteiger partial charge in [0.2, 0.25) is 11.8 Å². The fourth-order valence-corrected chi connectivity index (χ4v) is 2.37. The molecule has 0 spiro atoms. The van der Waals surface area contributed by atoms with Gasteiger partial charge in [0.05, 0.1) is 0 Å². The molecule has 0 saturated carbocycles. The maximum Gasteiger partial charge on any atom is 0.240 e. The number of hydrogen-bond donors (Lipinski definition) is 1. The van der Waals surface area contributed by atoms with E-state index >= 15 is 0 Å². The van der Waals surface area contributed by atoms with Crippen LogP contribution in [0.3, 0.4) is 0 Å². The Hall–Kier alpha value is -1.06. The molecular weight excluding hydrogens is 216 g/mol. The molecule has 1 rings (SSSR count). The molecule has 0 bridgehead atoms. The van der Waals surface area contributed by atoms with Gasteiger partial charge >= 0.3 is 0 Å². The predicted molar refractivity (Wildman–Crippen MR) is 67.3 cm³/mol. The van der Waals surface area contributed by atoms with Gasteiger partial charge in [0.25, 0.3) is 0 Å². The summed E-state index contributed by atoms with van der Waals surface area (Å²) in [5.41, 5.74) is 5.29. The van der Waals surface area contributed by atoms with Crippen molar-refractivity contribution in [2.45, 2.75) is 64.3 Å². The minimum Gasteiger partial charge on any atom is -0.368 e. The first-order valence-corrected chi connectivity index (χ1v) is 6.75. The fraction of sp³-hybridized carbons (Fsp3) is 0.846. The van der Waals surface area contributed by atoms with Gasteiger partial charge in [-0.15, -0.1) is 0 Å². The van der Waals surface area contributed by atoms with E-state index in [1.54, 1.807) is 4.90 Å². The number of carbonyl (C=O) groups is 2. The molecule has 98 valence electrons. The molecule has 1 unspecified atom stereocenters. The van der Waals surface area contributed by atoms with Crippen molar-refractivity contribution in [3.05, 3.63) is 0 Å². The lowest BCUT2D eigenvalue weighted by molar-refractivity contribution is -0.134. The highest BCUT2D eigenvalue weighted by atomic mass is 16.2. The lowest BCUT2D eigenvalue weighted by Crippen LogP contribution is -2.42. The number of amides is 2. The van der Waals surface area contributed by atoms with Crippen molar-refractivity contribution < 1.29 is 9.59 Å². The number of carbonyl (C=O) groups excluding carboxylic acids is 2. The standard InChI is InChI=1S/C13H24N2O2/c1-2-3-4-5-6-7-10-15-11(13(14)17)8-9-12(15)16/h11H,2-10H2,1H3,(H2,14,17). The normalized spacial score (nSPS) is 19.9. The second-order valence-electron chi connectivity index (χ2n) is 4.81. The third-order valence-corrected chi connectivity index (χ3v) is 3.41. The maximum atomic E-state index is 11.6. The van der Waals surface area contributed by atoms with Crippen LogP contribution in [0.25, 0.3) is 0 Å². The van der Waals surface area contributed by atoms with E-state index in [9.17, 15) is 9.59 Å². The van der Waals surface area contributed by atoms with E-state index in [0.29, 0.717) is 19.4 Å². The Morgan fingerprint density at radius 2 is 1.94 bits per heavy atom. The first-order valence-electron chi connectivity index (χ1n) is 6.75. The van der Waals surface area contributed by atoms with E-state index in [1.165, 1.54) is 25.7 Å². The van der Waals surface area contributed by atoms with Crippen LogP contribution in [0.15, 0.2) is 0 Å². The molecule has 1 aliphatic rings. The van der Waals surface area contributed by atoms with Crippen LogP contribution in [-0.2, 0) is 9.59 Å². The van der Waals surface area contributed by atoms with Gasteiger partial charge in [0.1, 0.15) is 6.04 Å². The lowest BCUT2D eigenvalue weighted by Gasteiger charge is -2.22. The van der Waals surface area contributed by atoms with E-state index in [1.807, 2.05) is 0 Å². The third-order valence-electron chi connectivity index (χ3n) is 3.41. The topological polar surface area (TPSA) is 63.4 Å². The zero-order valence-electron chi connectivity index (χ0n) is 10.8. The van der Waals surface area contributed by atoms with Crippen molar-refractivity contribution in [3.8, 4) is 0 Å². The van der Waals surface area contributed by atoms with Crippen LogP contribution < -0.4 is 5.73 Å². The Balaban J connectivity index is 2.20. The van der Waals surface area contributed by atoms with Gasteiger partial charge in [-0.25, -0.2) is 0 Å². The van der Waals surface area contributed by atoms with Crippen LogP contribution in [-0.4, -0.2) is 29.3 Å². The monoisotopic (exact) mass is 240 g/mol. The molecule has 4 heteroatoms. The molecule has 0 radical (unpaired) electrons. The summed E-state index contributed by atoms with van der Waals surface area (Å²) in [6.45, 7) is 2.89. The van der Waals surface area contributed by atoms with Crippen LogP contribution in [0, 0.1) is 0 Å². The third kappa shape index (κ3) is 4.36. The molecule has 1 saturated heterocycles. The Kier molecular flexibility index (Phi) is 6.01. The molecule has 0 aromatic rings. The molecule has 1 atom stereocenters. The lowest BCUT2D eigenvalue weighted by atomic mass is 10.1. The van der Waals surface area contributed by atoms with Gasteiger partial charge in [0, 0.05) is 13.0 Å². The second kappa shape index (κ2) is 7.30. The zero-order valence-corrected chi connectivity index (χ0v) is 10.8. The molecule has 4 nitrogen and oxygen atoms in total. The van der Waals surface area contributed by atoms with E-state index < -0.39 is 0 Å². The molecule has 1 heterocycles. The Morgan fingerprint density at radius 1 is 1.29 bits per heavy atom. The first-order chi connectivity index (χ1) is 8.16. The molecule has 0 aromatic heterocycles. The average Bonchev–Trinajstić information content (AvgIpc) is 2.65. The number of nitrogens with two attached hydrogens (primary N) is 1. The molecular formula is C13H24N2O2. The van der Waals surface area contributed by atoms with Crippen molar-refractivity contribution >= 4 is 11.8 Å². The SMILES string of the molecule is CCCCCCCCN1C(=O)CCC1C(N)=O. The van der Waals surface area contributed by atoms with E-state index in [-0.39, 0.29) is 17.9 Å². The quantitative estimate of drug-likeness (QED) is 0.658. The van der Waals surface area contributed by atoms with Crippen LogP contribution in [0.1, 0.15) is 58.3 Å². The summed E-state index contributed by atoms with van der Waals surface area (Å²) in [5.74, 6) is -0.274. The van der Waals surface area contributed by atoms with Gasteiger partial charge in [0.15, 0.2) is 0 Å². The number of likely N-dealkylation sites (tertiary alicyclic amines) is 1. The van der Waals surface area contributed by atoms with Crippen LogP contribution in [0.5, 0.6) is 0 Å². The van der Waals surface area contributed by atoms with Crippen molar-refractivity contribution in [1.29, 1.82) is 0 Å². The Labute approximate surface area is 104 Å². The van der Waals surface area contributed by atoms with Crippen molar-refractivity contribution in [2.24, 2.45) is 5.73 Å². The summed E-state index contributed by atoms with van der Waals surface area (Å²) >= 11 is 0. The molecule has 0 aliphatic carbocycles. The highest BCUT2D eigenvalue weighted by Gasteiger charge is 2.33. The molecule has 0 aromatic carbocycles. The van der Waals surface area contributed by atoms with E-state index in [4.69, 9.17) is 5.73 Å². The number of unbranched alkanes of at least 4 members (excludes halogenated alkanes) is 5. The molecule has 17 heavy (non-hydrogen) atoms. The summed E-state index contributed by atoms with van der Waals surface area (Å²) in [6.07, 6.45) is 8.21. The number of hydrogen-bond acceptors (Lipinski definition) is 2. The minimum absolute atomic E-state index is 0.0855. The van der Waals surface area contributed by atoms with Crippen LogP contribution in [0.4, 0.5) is 0 Å². The van der Waals surface area contributed by atoms with Gasteiger partial charge in [-0.05, 0) is 12.8 Å². The van der Waals surface area contributed by atoms with Crippen molar-refractivity contribution in [2.75, 3.05) is 6.54 Å². The van der Waals surface area contributed by atoms with Gasteiger partial charge in [-0.2, -0.15) is 0 Å². The second-order valence-corrected chi connectivity index (χ2v) is 4.81. The molecule has 1 aliphatic heterocycles. The smallest absolute Gasteiger partial charge is 0.240 e. The highest BCUT2D eigenvalue weighted by Crippen LogP contribution is 2.19. The van der Waals surface area contributed by atoms with Crippen molar-refractivity contribution in [3.63, 3.8) is 0 Å². The average molecular weight is 240 g/mol. The highest BCUT2D eigenvalue weighted by molar-refractivity contribution is 5.89. The minimum atomic E-state index is -0.359. The summed E-state index contributed by atoms with van der Waals surface area (Å²) in [5, 5.41) is 0. The zero-order chi connectivity index (χ0) is 12.7. The molecule has 2 N–H and O–H groups in total. The summed E-state index contributed by atoms with van der Waals surface area (Å²) < 4.78 is 0. The maximum absolute atomic E-state index is 11.6. The van der Waals surface area contributed by atoms with Crippen molar-refractivity contribution in [1.82, 2.24) is 4.90 Å². The van der Waals surface area contributed by atoms with Gasteiger partial charge < -0.3 is 10.6 Å². The molecule has 2 amide bonds. The predicted octanol–water partition coefficient (Wildman–Crippen LogP) is 1.82. The largest absolute Gasteiger partial charge is 0.368 e. The summed E-state index contributed by atoms with van der Waals surface area (Å²) in [6, 6.07) is -0.349. The number of primary amides is 1. The van der Waals surface area contributed by atoms with Crippen LogP contribution >= 0.6 is 0 Å².